The van der Waals surface area contributed by atoms with Crippen molar-refractivity contribution in [2.24, 2.45) is 23.2 Å². The summed E-state index contributed by atoms with van der Waals surface area (Å²) in [4.78, 5) is 0. The van der Waals surface area contributed by atoms with Gasteiger partial charge in [-0.3, -0.25) is 0 Å². The lowest BCUT2D eigenvalue weighted by Crippen LogP contribution is -2.37. The van der Waals surface area contributed by atoms with Gasteiger partial charge in [0.05, 0.1) is 6.10 Å². The Morgan fingerprint density at radius 1 is 0.778 bits per heavy atom. The summed E-state index contributed by atoms with van der Waals surface area (Å²) in [6.45, 7) is 7.52. The average molecular weight is 252 g/mol. The van der Waals surface area contributed by atoms with Crippen LogP contribution in [0.1, 0.15) is 72.1 Å². The van der Waals surface area contributed by atoms with Crippen molar-refractivity contribution in [1.29, 1.82) is 0 Å². The summed E-state index contributed by atoms with van der Waals surface area (Å²) < 4.78 is 5.51. The van der Waals surface area contributed by atoms with Crippen LogP contribution in [0.4, 0.5) is 0 Å². The van der Waals surface area contributed by atoms with Gasteiger partial charge in [0, 0.05) is 7.11 Å². The molecule has 2 fully saturated rings. The predicted molar refractivity (Wildman–Crippen MR) is 77.7 cm³/mol. The average Bonchev–Trinajstić information content (AvgIpc) is 2.39. The molecule has 18 heavy (non-hydrogen) atoms. The van der Waals surface area contributed by atoms with Crippen molar-refractivity contribution in [3.63, 3.8) is 0 Å². The van der Waals surface area contributed by atoms with Crippen molar-refractivity contribution in [2.45, 2.75) is 78.2 Å². The van der Waals surface area contributed by atoms with Gasteiger partial charge in [0.25, 0.3) is 0 Å². The van der Waals surface area contributed by atoms with Gasteiger partial charge in [-0.25, -0.2) is 0 Å². The first-order chi connectivity index (χ1) is 8.54. The molecule has 106 valence electrons. The summed E-state index contributed by atoms with van der Waals surface area (Å²) in [6, 6.07) is 0. The lowest BCUT2D eigenvalue weighted by Gasteiger charge is -2.46. The van der Waals surface area contributed by atoms with Crippen LogP contribution in [0.2, 0.25) is 0 Å². The van der Waals surface area contributed by atoms with Crippen LogP contribution >= 0.6 is 0 Å². The second-order valence-corrected chi connectivity index (χ2v) is 7.49. The predicted octanol–water partition coefficient (Wildman–Crippen LogP) is 5.04. The van der Waals surface area contributed by atoms with Crippen molar-refractivity contribution in [2.75, 3.05) is 7.11 Å². The molecule has 1 nitrogen and oxygen atoms in total. The second-order valence-electron chi connectivity index (χ2n) is 7.49. The van der Waals surface area contributed by atoms with E-state index in [1.807, 2.05) is 7.11 Å². The molecule has 0 spiro atoms. The highest BCUT2D eigenvalue weighted by molar-refractivity contribution is 4.90. The third kappa shape index (κ3) is 3.10. The van der Waals surface area contributed by atoms with E-state index in [-0.39, 0.29) is 0 Å². The highest BCUT2D eigenvalue weighted by Crippen LogP contribution is 2.49. The van der Waals surface area contributed by atoms with Crippen LogP contribution in [0.25, 0.3) is 0 Å². The van der Waals surface area contributed by atoms with E-state index >= 15 is 0 Å². The lowest BCUT2D eigenvalue weighted by atomic mass is 9.60. The van der Waals surface area contributed by atoms with Crippen molar-refractivity contribution in [3.8, 4) is 0 Å². The molecule has 0 N–H and O–H groups in total. The van der Waals surface area contributed by atoms with E-state index in [9.17, 15) is 0 Å². The van der Waals surface area contributed by atoms with Crippen molar-refractivity contribution in [3.05, 3.63) is 0 Å². The third-order valence-corrected chi connectivity index (χ3v) is 6.13. The van der Waals surface area contributed by atoms with Crippen LogP contribution in [-0.4, -0.2) is 13.2 Å². The minimum absolute atomic E-state index is 0.545. The Morgan fingerprint density at radius 2 is 1.22 bits per heavy atom. The third-order valence-electron chi connectivity index (χ3n) is 6.13. The number of ether oxygens (including phenoxy) is 1. The van der Waals surface area contributed by atoms with Gasteiger partial charge < -0.3 is 4.74 Å². The van der Waals surface area contributed by atoms with Gasteiger partial charge in [0.2, 0.25) is 0 Å². The molecule has 0 aromatic rings. The van der Waals surface area contributed by atoms with E-state index in [2.05, 4.69) is 20.8 Å². The van der Waals surface area contributed by atoms with Gasteiger partial charge in [0.15, 0.2) is 0 Å². The molecule has 0 aromatic heterocycles. The van der Waals surface area contributed by atoms with Crippen molar-refractivity contribution >= 4 is 0 Å². The molecule has 0 bridgehead atoms. The normalized spacial score (nSPS) is 38.7. The molecule has 0 heterocycles. The quantitative estimate of drug-likeness (QED) is 0.683. The Hall–Kier alpha value is -0.0400. The Labute approximate surface area is 114 Å². The van der Waals surface area contributed by atoms with E-state index in [0.717, 1.165) is 17.8 Å². The maximum Gasteiger partial charge on any atom is 0.0571 e. The van der Waals surface area contributed by atoms with E-state index < -0.39 is 0 Å². The number of methoxy groups -OCH3 is 1. The number of rotatable bonds is 3. The van der Waals surface area contributed by atoms with Crippen LogP contribution in [0, 0.1) is 23.2 Å². The minimum Gasteiger partial charge on any atom is -0.381 e. The van der Waals surface area contributed by atoms with Gasteiger partial charge >= 0.3 is 0 Å². The first kappa shape index (κ1) is 14.4. The molecular weight excluding hydrogens is 220 g/mol. The minimum atomic E-state index is 0.545. The molecule has 2 aliphatic rings. The summed E-state index contributed by atoms with van der Waals surface area (Å²) >= 11 is 0. The molecule has 2 aliphatic carbocycles. The molecule has 0 amide bonds. The SMILES string of the molecule is COC1CCC(C(C)(C)C2CCC(C)CC2)CC1. The maximum atomic E-state index is 5.51. The topological polar surface area (TPSA) is 9.23 Å². The molecule has 2 saturated carbocycles. The molecule has 0 saturated heterocycles. The summed E-state index contributed by atoms with van der Waals surface area (Å²) in [6.07, 6.45) is 11.7. The van der Waals surface area contributed by atoms with Gasteiger partial charge in [-0.15, -0.1) is 0 Å². The highest BCUT2D eigenvalue weighted by atomic mass is 16.5. The largest absolute Gasteiger partial charge is 0.381 e. The Morgan fingerprint density at radius 3 is 1.67 bits per heavy atom. The monoisotopic (exact) mass is 252 g/mol. The fourth-order valence-corrected chi connectivity index (χ4v) is 4.38. The van der Waals surface area contributed by atoms with E-state index in [1.54, 1.807) is 0 Å². The molecule has 0 atom stereocenters. The van der Waals surface area contributed by atoms with Crippen molar-refractivity contribution < 1.29 is 4.74 Å². The number of hydrogen-bond acceptors (Lipinski definition) is 1. The Balaban J connectivity index is 1.90. The molecule has 2 rings (SSSR count). The zero-order chi connectivity index (χ0) is 13.2. The van der Waals surface area contributed by atoms with Crippen LogP contribution < -0.4 is 0 Å². The summed E-state index contributed by atoms with van der Waals surface area (Å²) in [5, 5.41) is 0. The lowest BCUT2D eigenvalue weighted by molar-refractivity contribution is 0.000904. The fraction of sp³-hybridized carbons (Fsp3) is 1.00. The molecule has 0 aromatic carbocycles. The van der Waals surface area contributed by atoms with E-state index in [4.69, 9.17) is 4.74 Å². The van der Waals surface area contributed by atoms with Gasteiger partial charge in [0.1, 0.15) is 0 Å². The summed E-state index contributed by atoms with van der Waals surface area (Å²) in [7, 11) is 1.87. The van der Waals surface area contributed by atoms with E-state index in [0.29, 0.717) is 11.5 Å². The zero-order valence-corrected chi connectivity index (χ0v) is 12.9. The van der Waals surface area contributed by atoms with Crippen LogP contribution in [0.15, 0.2) is 0 Å². The van der Waals surface area contributed by atoms with E-state index in [1.165, 1.54) is 51.4 Å². The standard InChI is InChI=1S/C17H32O/c1-13-5-7-14(8-6-13)17(2,3)15-9-11-16(18-4)12-10-15/h13-16H,5-12H2,1-4H3. The molecule has 1 heteroatoms. The molecule has 0 unspecified atom stereocenters. The fourth-order valence-electron chi connectivity index (χ4n) is 4.38. The summed E-state index contributed by atoms with van der Waals surface area (Å²) in [5.74, 6) is 2.88. The molecule has 0 radical (unpaired) electrons. The van der Waals surface area contributed by atoms with Crippen LogP contribution in [0.3, 0.4) is 0 Å². The molecule has 0 aliphatic heterocycles. The summed E-state index contributed by atoms with van der Waals surface area (Å²) in [5.41, 5.74) is 0.554. The van der Waals surface area contributed by atoms with Gasteiger partial charge in [-0.05, 0) is 61.7 Å². The zero-order valence-electron chi connectivity index (χ0n) is 12.9. The Kier molecular flexibility index (Phi) is 4.75. The van der Waals surface area contributed by atoms with Crippen molar-refractivity contribution in [1.82, 2.24) is 0 Å². The first-order valence-corrected chi connectivity index (χ1v) is 8.06. The maximum absolute atomic E-state index is 5.51. The van der Waals surface area contributed by atoms with Crippen LogP contribution in [-0.2, 0) is 4.74 Å². The second kappa shape index (κ2) is 5.94. The molecular formula is C17H32O. The Bertz CT molecular complexity index is 242. The smallest absolute Gasteiger partial charge is 0.0571 e. The highest BCUT2D eigenvalue weighted by Gasteiger charge is 2.39. The van der Waals surface area contributed by atoms with Gasteiger partial charge in [-0.2, -0.15) is 0 Å². The number of hydrogen-bond donors (Lipinski definition) is 0. The first-order valence-electron chi connectivity index (χ1n) is 8.06. The van der Waals surface area contributed by atoms with Gasteiger partial charge in [-0.1, -0.05) is 33.6 Å². The van der Waals surface area contributed by atoms with Crippen LogP contribution in [0.5, 0.6) is 0 Å².